The summed E-state index contributed by atoms with van der Waals surface area (Å²) >= 11 is 6.52. The van der Waals surface area contributed by atoms with E-state index in [1.807, 2.05) is 12.1 Å². The van der Waals surface area contributed by atoms with Crippen LogP contribution in [0, 0.1) is 5.92 Å². The van der Waals surface area contributed by atoms with E-state index in [0.717, 1.165) is 30.7 Å². The Labute approximate surface area is 125 Å². The molecule has 2 aliphatic rings. The predicted octanol–water partition coefficient (Wildman–Crippen LogP) is 4.58. The van der Waals surface area contributed by atoms with Crippen LogP contribution in [0.2, 0.25) is 5.02 Å². The van der Waals surface area contributed by atoms with Gasteiger partial charge in [0.15, 0.2) is 0 Å². The topological polar surface area (TPSA) is 37.3 Å². The standard InChI is InChI=1S/C17H21ClO2/c18-14-6-4-5-12-7-8-13(11-15(19)20)17(16(12)14)9-2-1-3-10-17/h4-6,13H,1-3,7-11H2,(H,19,20). The van der Waals surface area contributed by atoms with E-state index in [0.29, 0.717) is 0 Å². The Morgan fingerprint density at radius 1 is 1.30 bits per heavy atom. The van der Waals surface area contributed by atoms with Gasteiger partial charge in [-0.2, -0.15) is 0 Å². The van der Waals surface area contributed by atoms with E-state index in [1.54, 1.807) is 0 Å². The predicted molar refractivity (Wildman–Crippen MR) is 80.3 cm³/mol. The average molecular weight is 293 g/mol. The lowest BCUT2D eigenvalue weighted by atomic mass is 9.56. The summed E-state index contributed by atoms with van der Waals surface area (Å²) in [5, 5.41) is 10.1. The van der Waals surface area contributed by atoms with Crippen LogP contribution in [0.5, 0.6) is 0 Å². The lowest BCUT2D eigenvalue weighted by molar-refractivity contribution is -0.139. The van der Waals surface area contributed by atoms with Crippen molar-refractivity contribution in [3.05, 3.63) is 34.3 Å². The molecule has 1 unspecified atom stereocenters. The zero-order chi connectivity index (χ0) is 14.2. The third kappa shape index (κ3) is 2.24. The molecule has 1 N–H and O–H groups in total. The first kappa shape index (κ1) is 13.9. The van der Waals surface area contributed by atoms with Crippen LogP contribution in [0.4, 0.5) is 0 Å². The van der Waals surface area contributed by atoms with Gasteiger partial charge in [-0.15, -0.1) is 0 Å². The summed E-state index contributed by atoms with van der Waals surface area (Å²) in [6, 6.07) is 6.17. The smallest absolute Gasteiger partial charge is 0.303 e. The number of benzene rings is 1. The summed E-state index contributed by atoms with van der Waals surface area (Å²) in [6.45, 7) is 0. The maximum atomic E-state index is 11.3. The molecule has 3 rings (SSSR count). The van der Waals surface area contributed by atoms with E-state index < -0.39 is 5.97 Å². The summed E-state index contributed by atoms with van der Waals surface area (Å²) in [7, 11) is 0. The van der Waals surface area contributed by atoms with Crippen molar-refractivity contribution in [3.8, 4) is 0 Å². The van der Waals surface area contributed by atoms with Crippen LogP contribution in [0.1, 0.15) is 56.1 Å². The van der Waals surface area contributed by atoms with Crippen molar-refractivity contribution in [2.24, 2.45) is 5.92 Å². The number of carboxylic acid groups (broad SMARTS) is 1. The molecule has 0 saturated heterocycles. The summed E-state index contributed by atoms with van der Waals surface area (Å²) in [5.41, 5.74) is 2.64. The third-order valence-electron chi connectivity index (χ3n) is 5.31. The number of aliphatic carboxylic acids is 1. The second-order valence-corrected chi connectivity index (χ2v) is 6.73. The van der Waals surface area contributed by atoms with Gasteiger partial charge in [-0.25, -0.2) is 0 Å². The fourth-order valence-corrected chi connectivity index (χ4v) is 4.88. The van der Waals surface area contributed by atoms with E-state index in [1.165, 1.54) is 30.4 Å². The third-order valence-corrected chi connectivity index (χ3v) is 5.62. The average Bonchev–Trinajstić information content (AvgIpc) is 2.43. The highest BCUT2D eigenvalue weighted by atomic mass is 35.5. The molecule has 1 aromatic rings. The first-order valence-electron chi connectivity index (χ1n) is 7.63. The van der Waals surface area contributed by atoms with Crippen molar-refractivity contribution in [2.45, 2.75) is 56.8 Å². The molecule has 3 heteroatoms. The minimum atomic E-state index is -0.671. The molecule has 20 heavy (non-hydrogen) atoms. The highest BCUT2D eigenvalue weighted by Gasteiger charge is 2.46. The molecule has 1 atom stereocenters. The normalized spacial score (nSPS) is 24.4. The van der Waals surface area contributed by atoms with Gasteiger partial charge in [0, 0.05) is 16.9 Å². The molecule has 1 fully saturated rings. The Morgan fingerprint density at radius 2 is 2.05 bits per heavy atom. The van der Waals surface area contributed by atoms with Gasteiger partial charge in [-0.05, 0) is 48.8 Å². The van der Waals surface area contributed by atoms with Crippen molar-refractivity contribution in [2.75, 3.05) is 0 Å². The second kappa shape index (κ2) is 5.40. The number of aryl methyl sites for hydroxylation is 1. The molecule has 0 heterocycles. The van der Waals surface area contributed by atoms with Crippen LogP contribution >= 0.6 is 11.6 Å². The van der Waals surface area contributed by atoms with Crippen molar-refractivity contribution in [1.82, 2.24) is 0 Å². The van der Waals surface area contributed by atoms with Gasteiger partial charge in [-0.3, -0.25) is 4.79 Å². The molecule has 0 aliphatic heterocycles. The lowest BCUT2D eigenvalue weighted by Crippen LogP contribution is -2.42. The van der Waals surface area contributed by atoms with E-state index in [4.69, 9.17) is 11.6 Å². The highest BCUT2D eigenvalue weighted by Crippen LogP contribution is 2.53. The molecule has 0 aromatic heterocycles. The number of carboxylic acids is 1. The van der Waals surface area contributed by atoms with Gasteiger partial charge in [-0.1, -0.05) is 43.0 Å². The second-order valence-electron chi connectivity index (χ2n) is 6.32. The molecular formula is C17H21ClO2. The van der Waals surface area contributed by atoms with Gasteiger partial charge in [0.2, 0.25) is 0 Å². The minimum Gasteiger partial charge on any atom is -0.481 e. The fraction of sp³-hybridized carbons (Fsp3) is 0.588. The zero-order valence-electron chi connectivity index (χ0n) is 11.7. The van der Waals surface area contributed by atoms with Gasteiger partial charge in [0.1, 0.15) is 0 Å². The number of halogens is 1. The molecule has 0 radical (unpaired) electrons. The Hall–Kier alpha value is -1.02. The van der Waals surface area contributed by atoms with Crippen LogP contribution < -0.4 is 0 Å². The number of carbonyl (C=O) groups is 1. The molecular weight excluding hydrogens is 272 g/mol. The van der Waals surface area contributed by atoms with Crippen molar-refractivity contribution >= 4 is 17.6 Å². The summed E-state index contributed by atoms with van der Waals surface area (Å²) in [6.07, 6.45) is 8.09. The number of hydrogen-bond donors (Lipinski definition) is 1. The fourth-order valence-electron chi connectivity index (χ4n) is 4.49. The molecule has 108 valence electrons. The van der Waals surface area contributed by atoms with Gasteiger partial charge >= 0.3 is 5.97 Å². The number of hydrogen-bond acceptors (Lipinski definition) is 1. The van der Waals surface area contributed by atoms with Gasteiger partial charge in [0.25, 0.3) is 0 Å². The SMILES string of the molecule is O=C(O)CC1CCc2cccc(Cl)c2C12CCCCC2. The van der Waals surface area contributed by atoms with E-state index in [2.05, 4.69) is 6.07 Å². The molecule has 0 amide bonds. The minimum absolute atomic E-state index is 0.0164. The summed E-state index contributed by atoms with van der Waals surface area (Å²) in [5.74, 6) is -0.428. The first-order valence-corrected chi connectivity index (χ1v) is 8.01. The molecule has 2 aliphatic carbocycles. The summed E-state index contributed by atoms with van der Waals surface area (Å²) < 4.78 is 0. The van der Waals surface area contributed by atoms with Crippen LogP contribution in [-0.4, -0.2) is 11.1 Å². The quantitative estimate of drug-likeness (QED) is 0.866. The molecule has 1 aromatic carbocycles. The van der Waals surface area contributed by atoms with Crippen molar-refractivity contribution in [1.29, 1.82) is 0 Å². The van der Waals surface area contributed by atoms with Crippen LogP contribution in [0.25, 0.3) is 0 Å². The van der Waals surface area contributed by atoms with Crippen LogP contribution in [0.15, 0.2) is 18.2 Å². The number of rotatable bonds is 2. The van der Waals surface area contributed by atoms with Gasteiger partial charge in [0.05, 0.1) is 0 Å². The van der Waals surface area contributed by atoms with Crippen molar-refractivity contribution < 1.29 is 9.90 Å². The van der Waals surface area contributed by atoms with E-state index in [-0.39, 0.29) is 17.8 Å². The van der Waals surface area contributed by atoms with Crippen molar-refractivity contribution in [3.63, 3.8) is 0 Å². The maximum absolute atomic E-state index is 11.3. The molecule has 1 saturated carbocycles. The Balaban J connectivity index is 2.09. The first-order chi connectivity index (χ1) is 9.63. The molecule has 2 nitrogen and oxygen atoms in total. The van der Waals surface area contributed by atoms with E-state index >= 15 is 0 Å². The number of fused-ring (bicyclic) bond motifs is 2. The Bertz CT molecular complexity index is 518. The monoisotopic (exact) mass is 292 g/mol. The lowest BCUT2D eigenvalue weighted by Gasteiger charge is -2.48. The van der Waals surface area contributed by atoms with E-state index in [9.17, 15) is 9.90 Å². The molecule has 0 bridgehead atoms. The van der Waals surface area contributed by atoms with Crippen LogP contribution in [-0.2, 0) is 16.6 Å². The van der Waals surface area contributed by atoms with Crippen LogP contribution in [0.3, 0.4) is 0 Å². The van der Waals surface area contributed by atoms with Gasteiger partial charge < -0.3 is 5.11 Å². The Kier molecular flexibility index (Phi) is 3.76. The zero-order valence-corrected chi connectivity index (χ0v) is 12.5. The largest absolute Gasteiger partial charge is 0.481 e. The summed E-state index contributed by atoms with van der Waals surface area (Å²) in [4.78, 5) is 11.3. The maximum Gasteiger partial charge on any atom is 0.303 e. The highest BCUT2D eigenvalue weighted by molar-refractivity contribution is 6.31. The molecule has 1 spiro atoms. The Morgan fingerprint density at radius 3 is 2.75 bits per heavy atom.